The molecule has 19 heavy (non-hydrogen) atoms. The number of nitrogens with two attached hydrogens (primary N) is 1. The van der Waals surface area contributed by atoms with E-state index >= 15 is 0 Å². The zero-order valence-corrected chi connectivity index (χ0v) is 11.6. The molecule has 2 aromatic rings. The predicted molar refractivity (Wildman–Crippen MR) is 82.8 cm³/mol. The second-order valence-corrected chi connectivity index (χ2v) is 4.96. The first kappa shape index (κ1) is 13.4. The van der Waals surface area contributed by atoms with Gasteiger partial charge in [-0.05, 0) is 56.4 Å². The summed E-state index contributed by atoms with van der Waals surface area (Å²) < 4.78 is 0. The van der Waals surface area contributed by atoms with Gasteiger partial charge in [0.2, 0.25) is 0 Å². The van der Waals surface area contributed by atoms with Crippen molar-refractivity contribution in [3.05, 3.63) is 54.1 Å². The number of hydrogen-bond acceptors (Lipinski definition) is 3. The molecule has 0 saturated carbocycles. The molecule has 0 amide bonds. The second kappa shape index (κ2) is 6.25. The van der Waals surface area contributed by atoms with Gasteiger partial charge in [0.05, 0.1) is 0 Å². The highest BCUT2D eigenvalue weighted by Gasteiger charge is 2.02. The van der Waals surface area contributed by atoms with Crippen LogP contribution >= 0.6 is 0 Å². The van der Waals surface area contributed by atoms with Crippen LogP contribution in [0.2, 0.25) is 0 Å². The summed E-state index contributed by atoms with van der Waals surface area (Å²) in [4.78, 5) is 2.16. The van der Waals surface area contributed by atoms with E-state index in [2.05, 4.69) is 42.5 Å². The molecule has 3 N–H and O–H groups in total. The van der Waals surface area contributed by atoms with Crippen molar-refractivity contribution in [2.75, 3.05) is 31.7 Å². The van der Waals surface area contributed by atoms with Gasteiger partial charge in [-0.25, -0.2) is 0 Å². The Bertz CT molecular complexity index is 521. The van der Waals surface area contributed by atoms with Crippen LogP contribution in [-0.4, -0.2) is 25.5 Å². The summed E-state index contributed by atoms with van der Waals surface area (Å²) >= 11 is 0. The molecular formula is C16H21N3. The highest BCUT2D eigenvalue weighted by molar-refractivity contribution is 5.64. The van der Waals surface area contributed by atoms with Gasteiger partial charge in [-0.1, -0.05) is 18.2 Å². The number of para-hydroxylation sites is 1. The van der Waals surface area contributed by atoms with Crippen LogP contribution in [0, 0.1) is 0 Å². The molecule has 0 aromatic heterocycles. The highest BCUT2D eigenvalue weighted by Crippen LogP contribution is 2.22. The maximum atomic E-state index is 6.02. The summed E-state index contributed by atoms with van der Waals surface area (Å²) in [5, 5.41) is 3.39. The summed E-state index contributed by atoms with van der Waals surface area (Å²) in [6.45, 7) is 0.999. The first-order valence-electron chi connectivity index (χ1n) is 6.50. The molecule has 0 saturated heterocycles. The molecule has 3 nitrogen and oxygen atoms in total. The average molecular weight is 255 g/mol. The lowest BCUT2D eigenvalue weighted by Gasteiger charge is -2.13. The number of likely N-dealkylation sites (N-methyl/N-ethyl adjacent to an activating group) is 1. The van der Waals surface area contributed by atoms with Crippen LogP contribution in [0.4, 0.5) is 17.1 Å². The van der Waals surface area contributed by atoms with Gasteiger partial charge in [0.1, 0.15) is 0 Å². The third kappa shape index (κ3) is 4.00. The molecule has 3 heteroatoms. The standard InChI is InChI=1S/C16H21N3/c1-19(2)11-10-13-12-15(8-9-16(13)17)18-14-6-4-3-5-7-14/h3-9,12,18H,10-11,17H2,1-2H3. The van der Waals surface area contributed by atoms with Gasteiger partial charge in [-0.2, -0.15) is 0 Å². The third-order valence-electron chi connectivity index (χ3n) is 3.03. The maximum absolute atomic E-state index is 6.02. The average Bonchev–Trinajstić information content (AvgIpc) is 2.40. The largest absolute Gasteiger partial charge is 0.399 e. The van der Waals surface area contributed by atoms with E-state index in [1.54, 1.807) is 0 Å². The van der Waals surface area contributed by atoms with Gasteiger partial charge < -0.3 is 16.0 Å². The molecule has 0 aliphatic heterocycles. The number of nitrogen functional groups attached to an aromatic ring is 1. The first-order valence-corrected chi connectivity index (χ1v) is 6.50. The van der Waals surface area contributed by atoms with Gasteiger partial charge in [0.25, 0.3) is 0 Å². The molecule has 0 aliphatic rings. The van der Waals surface area contributed by atoms with Crippen molar-refractivity contribution >= 4 is 17.1 Å². The Kier molecular flexibility index (Phi) is 4.42. The molecule has 0 heterocycles. The fraction of sp³-hybridized carbons (Fsp3) is 0.250. The van der Waals surface area contributed by atoms with Crippen molar-refractivity contribution in [2.45, 2.75) is 6.42 Å². The minimum atomic E-state index is 0.862. The van der Waals surface area contributed by atoms with E-state index in [1.165, 1.54) is 5.56 Å². The quantitative estimate of drug-likeness (QED) is 0.807. The van der Waals surface area contributed by atoms with E-state index in [1.807, 2.05) is 30.3 Å². The first-order chi connectivity index (χ1) is 9.15. The molecule has 0 spiro atoms. The number of hydrogen-bond donors (Lipinski definition) is 2. The Morgan fingerprint density at radius 2 is 1.74 bits per heavy atom. The predicted octanol–water partition coefficient (Wildman–Crippen LogP) is 3.12. The normalized spacial score (nSPS) is 10.7. The van der Waals surface area contributed by atoms with E-state index in [0.29, 0.717) is 0 Å². The molecule has 0 fully saturated rings. The van der Waals surface area contributed by atoms with Crippen molar-refractivity contribution in [1.29, 1.82) is 0 Å². The highest BCUT2D eigenvalue weighted by atomic mass is 15.0. The molecule has 0 atom stereocenters. The minimum Gasteiger partial charge on any atom is -0.399 e. The lowest BCUT2D eigenvalue weighted by Crippen LogP contribution is -2.15. The van der Waals surface area contributed by atoms with Crippen LogP contribution in [0.15, 0.2) is 48.5 Å². The van der Waals surface area contributed by atoms with Gasteiger partial charge in [0.15, 0.2) is 0 Å². The van der Waals surface area contributed by atoms with Gasteiger partial charge in [0, 0.05) is 23.6 Å². The number of rotatable bonds is 5. The summed E-state index contributed by atoms with van der Waals surface area (Å²) in [7, 11) is 4.14. The van der Waals surface area contributed by atoms with Crippen LogP contribution in [0.1, 0.15) is 5.56 Å². The Balaban J connectivity index is 2.12. The fourth-order valence-corrected chi connectivity index (χ4v) is 1.93. The van der Waals surface area contributed by atoms with Crippen molar-refractivity contribution < 1.29 is 0 Å². The molecule has 0 radical (unpaired) electrons. The van der Waals surface area contributed by atoms with Crippen molar-refractivity contribution in [3.8, 4) is 0 Å². The number of anilines is 3. The van der Waals surface area contributed by atoms with Crippen LogP contribution in [-0.2, 0) is 6.42 Å². The molecule has 2 aromatic carbocycles. The summed E-state index contributed by atoms with van der Waals surface area (Å²) in [6, 6.07) is 16.3. The maximum Gasteiger partial charge on any atom is 0.0388 e. The van der Waals surface area contributed by atoms with Crippen molar-refractivity contribution in [2.24, 2.45) is 0 Å². The minimum absolute atomic E-state index is 0.862. The molecule has 2 rings (SSSR count). The van der Waals surface area contributed by atoms with Crippen LogP contribution in [0.5, 0.6) is 0 Å². The summed E-state index contributed by atoms with van der Waals surface area (Å²) in [5.41, 5.74) is 10.2. The summed E-state index contributed by atoms with van der Waals surface area (Å²) in [6.07, 6.45) is 0.961. The van der Waals surface area contributed by atoms with Crippen molar-refractivity contribution in [1.82, 2.24) is 4.90 Å². The lowest BCUT2D eigenvalue weighted by molar-refractivity contribution is 0.414. The van der Waals surface area contributed by atoms with E-state index in [4.69, 9.17) is 5.73 Å². The smallest absolute Gasteiger partial charge is 0.0388 e. The zero-order chi connectivity index (χ0) is 13.7. The second-order valence-electron chi connectivity index (χ2n) is 4.96. The number of nitrogens with one attached hydrogen (secondary N) is 1. The molecule has 0 bridgehead atoms. The number of benzene rings is 2. The fourth-order valence-electron chi connectivity index (χ4n) is 1.93. The van der Waals surface area contributed by atoms with E-state index in [0.717, 1.165) is 30.0 Å². The van der Waals surface area contributed by atoms with Gasteiger partial charge in [-0.15, -0.1) is 0 Å². The molecule has 0 unspecified atom stereocenters. The molecular weight excluding hydrogens is 234 g/mol. The van der Waals surface area contributed by atoms with Crippen molar-refractivity contribution in [3.63, 3.8) is 0 Å². The monoisotopic (exact) mass is 255 g/mol. The zero-order valence-electron chi connectivity index (χ0n) is 11.6. The molecule has 0 aliphatic carbocycles. The van der Waals surface area contributed by atoms with E-state index in [-0.39, 0.29) is 0 Å². The van der Waals surface area contributed by atoms with Crippen LogP contribution < -0.4 is 11.1 Å². The van der Waals surface area contributed by atoms with E-state index in [9.17, 15) is 0 Å². The molecule has 100 valence electrons. The third-order valence-corrected chi connectivity index (χ3v) is 3.03. The Morgan fingerprint density at radius 3 is 2.42 bits per heavy atom. The van der Waals surface area contributed by atoms with E-state index < -0.39 is 0 Å². The lowest BCUT2D eigenvalue weighted by atomic mass is 10.1. The summed E-state index contributed by atoms with van der Waals surface area (Å²) in [5.74, 6) is 0. The van der Waals surface area contributed by atoms with Crippen LogP contribution in [0.25, 0.3) is 0 Å². The topological polar surface area (TPSA) is 41.3 Å². The Morgan fingerprint density at radius 1 is 1.00 bits per heavy atom. The SMILES string of the molecule is CN(C)CCc1cc(Nc2ccccc2)ccc1N. The van der Waals surface area contributed by atoms with Crippen LogP contribution in [0.3, 0.4) is 0 Å². The van der Waals surface area contributed by atoms with Gasteiger partial charge in [-0.3, -0.25) is 0 Å². The Hall–Kier alpha value is -2.00. The Labute approximate surface area is 115 Å². The van der Waals surface area contributed by atoms with Gasteiger partial charge >= 0.3 is 0 Å². The number of nitrogens with zero attached hydrogens (tertiary/aromatic N) is 1.